The number of allylic oxidation sites excluding steroid dienone is 4. The van der Waals surface area contributed by atoms with E-state index < -0.39 is 9.05 Å². The zero-order chi connectivity index (χ0) is 32.1. The van der Waals surface area contributed by atoms with Crippen LogP contribution in [0.3, 0.4) is 0 Å². The summed E-state index contributed by atoms with van der Waals surface area (Å²) >= 11 is 0. The minimum Gasteiger partial charge on any atom is -0.374 e. The van der Waals surface area contributed by atoms with E-state index in [9.17, 15) is 0 Å². The lowest BCUT2D eigenvalue weighted by molar-refractivity contribution is -0.0839. The third-order valence-corrected chi connectivity index (χ3v) is 10.9. The molecule has 0 aliphatic heterocycles. The molecule has 0 radical (unpaired) electrons. The second-order valence-electron chi connectivity index (χ2n) is 12.4. The predicted octanol–water partition coefficient (Wildman–Crippen LogP) is 8.52. The highest BCUT2D eigenvalue weighted by molar-refractivity contribution is 6.53. The van der Waals surface area contributed by atoms with Crippen molar-refractivity contribution in [2.24, 2.45) is 11.8 Å². The SMILES string of the molecule is C=C(C)C1CC=C(C)C(O[Si](OCCOCc2ccccc2)(OCCOCc2ccccc2)OC2CC(C(=C)C)CC=C2C)C1. The summed E-state index contributed by atoms with van der Waals surface area (Å²) < 4.78 is 39.1. The first-order chi connectivity index (χ1) is 21.7. The Balaban J connectivity index is 1.52. The van der Waals surface area contributed by atoms with Crippen LogP contribution in [-0.2, 0) is 40.4 Å². The third kappa shape index (κ3) is 11.3. The van der Waals surface area contributed by atoms with Crippen LogP contribution in [0.25, 0.3) is 0 Å². The minimum atomic E-state index is -3.74. The van der Waals surface area contributed by atoms with Crippen molar-refractivity contribution in [1.82, 2.24) is 0 Å². The second kappa shape index (κ2) is 17.9. The zero-order valence-electron chi connectivity index (χ0n) is 27.7. The lowest BCUT2D eigenvalue weighted by Gasteiger charge is -2.39. The summed E-state index contributed by atoms with van der Waals surface area (Å²) in [5.41, 5.74) is 6.86. The van der Waals surface area contributed by atoms with Gasteiger partial charge in [0.2, 0.25) is 0 Å². The van der Waals surface area contributed by atoms with Crippen molar-refractivity contribution >= 4 is 9.05 Å². The molecule has 0 aromatic heterocycles. The summed E-state index contributed by atoms with van der Waals surface area (Å²) in [5, 5.41) is 0. The largest absolute Gasteiger partial charge is 0.680 e. The van der Waals surface area contributed by atoms with Gasteiger partial charge in [-0.3, -0.25) is 0 Å². The first-order valence-corrected chi connectivity index (χ1v) is 17.9. The molecule has 0 heterocycles. The number of benzene rings is 2. The summed E-state index contributed by atoms with van der Waals surface area (Å²) in [7, 11) is -3.74. The molecule has 4 atom stereocenters. The summed E-state index contributed by atoms with van der Waals surface area (Å²) in [5.74, 6) is 0.663. The molecule has 0 saturated heterocycles. The number of hydrogen-bond acceptors (Lipinski definition) is 6. The van der Waals surface area contributed by atoms with Gasteiger partial charge < -0.3 is 27.2 Å². The Morgan fingerprint density at radius 1 is 0.644 bits per heavy atom. The highest BCUT2D eigenvalue weighted by Crippen LogP contribution is 2.36. The van der Waals surface area contributed by atoms with Crippen LogP contribution in [0, 0.1) is 11.8 Å². The van der Waals surface area contributed by atoms with Crippen LogP contribution < -0.4 is 0 Å². The summed E-state index contributed by atoms with van der Waals surface area (Å²) in [4.78, 5) is 0. The highest BCUT2D eigenvalue weighted by atomic mass is 28.4. The van der Waals surface area contributed by atoms with Crippen LogP contribution in [0.4, 0.5) is 0 Å². The van der Waals surface area contributed by atoms with E-state index in [2.05, 4.69) is 77.3 Å². The molecule has 0 amide bonds. The molecule has 0 N–H and O–H groups in total. The van der Waals surface area contributed by atoms with Gasteiger partial charge in [0.05, 0.1) is 51.8 Å². The molecule has 45 heavy (non-hydrogen) atoms. The molecule has 2 aliphatic carbocycles. The summed E-state index contributed by atoms with van der Waals surface area (Å²) in [6.07, 6.45) is 7.65. The Hall–Kier alpha value is -2.62. The normalized spacial score (nSPS) is 22.0. The van der Waals surface area contributed by atoms with Gasteiger partial charge in [-0.1, -0.05) is 97.1 Å². The fourth-order valence-corrected chi connectivity index (χ4v) is 7.96. The van der Waals surface area contributed by atoms with E-state index in [-0.39, 0.29) is 25.4 Å². The van der Waals surface area contributed by atoms with Crippen LogP contribution >= 0.6 is 0 Å². The first-order valence-electron chi connectivity index (χ1n) is 16.3. The highest BCUT2D eigenvalue weighted by Gasteiger charge is 2.51. The molecule has 2 aromatic carbocycles. The first kappa shape index (κ1) is 35.2. The molecule has 4 rings (SSSR count). The van der Waals surface area contributed by atoms with Crippen molar-refractivity contribution in [3.05, 3.63) is 119 Å². The van der Waals surface area contributed by atoms with Crippen molar-refractivity contribution in [3.63, 3.8) is 0 Å². The van der Waals surface area contributed by atoms with E-state index in [1.807, 2.05) is 36.4 Å². The van der Waals surface area contributed by atoms with Gasteiger partial charge in [-0.15, -0.1) is 0 Å². The van der Waals surface area contributed by atoms with Crippen molar-refractivity contribution in [1.29, 1.82) is 0 Å². The maximum Gasteiger partial charge on any atom is 0.680 e. The smallest absolute Gasteiger partial charge is 0.374 e. The van der Waals surface area contributed by atoms with Crippen LogP contribution in [0.5, 0.6) is 0 Å². The van der Waals surface area contributed by atoms with Crippen molar-refractivity contribution in [2.75, 3.05) is 26.4 Å². The van der Waals surface area contributed by atoms with Gasteiger partial charge in [0.25, 0.3) is 0 Å². The van der Waals surface area contributed by atoms with E-state index in [1.165, 1.54) is 0 Å². The summed E-state index contributed by atoms with van der Waals surface area (Å²) in [6, 6.07) is 20.3. The minimum absolute atomic E-state index is 0.201. The Morgan fingerprint density at radius 3 is 1.42 bits per heavy atom. The molecular formula is C38H52O6Si. The number of ether oxygens (including phenoxy) is 2. The van der Waals surface area contributed by atoms with Gasteiger partial charge >= 0.3 is 9.05 Å². The maximum atomic E-state index is 6.95. The molecule has 2 aromatic rings. The fraction of sp³-hybridized carbons (Fsp3) is 0.474. The van der Waals surface area contributed by atoms with Gasteiger partial charge in [0, 0.05) is 0 Å². The quantitative estimate of drug-likeness (QED) is 0.0933. The van der Waals surface area contributed by atoms with Crippen LogP contribution in [-0.4, -0.2) is 47.7 Å². The lowest BCUT2D eigenvalue weighted by atomic mass is 9.84. The Morgan fingerprint density at radius 2 is 1.04 bits per heavy atom. The Kier molecular flexibility index (Phi) is 14.0. The monoisotopic (exact) mass is 632 g/mol. The van der Waals surface area contributed by atoms with Gasteiger partial charge in [-0.25, -0.2) is 0 Å². The molecular weight excluding hydrogens is 580 g/mol. The standard InChI is InChI=1S/C38H52O6Si/c1-29(2)35-19-17-31(5)37(25-35)43-45(41-23-21-39-27-33-13-9-7-10-14-33,42-24-22-40-28-34-15-11-8-12-16-34)44-38-26-36(30(3)4)20-18-32(38)6/h7-18,35-38H,1,3,19-28H2,2,4-6H3. The summed E-state index contributed by atoms with van der Waals surface area (Å²) in [6.45, 7) is 19.2. The van der Waals surface area contributed by atoms with Gasteiger partial charge in [-0.05, 0) is 87.5 Å². The van der Waals surface area contributed by atoms with Crippen molar-refractivity contribution < 1.29 is 27.2 Å². The van der Waals surface area contributed by atoms with E-state index >= 15 is 0 Å². The predicted molar refractivity (Wildman–Crippen MR) is 182 cm³/mol. The average molecular weight is 633 g/mol. The molecule has 0 saturated carbocycles. The van der Waals surface area contributed by atoms with Gasteiger partial charge in [-0.2, -0.15) is 0 Å². The Bertz CT molecular complexity index is 1170. The van der Waals surface area contributed by atoms with E-state index in [0.29, 0.717) is 38.3 Å². The van der Waals surface area contributed by atoms with Crippen molar-refractivity contribution in [3.8, 4) is 0 Å². The third-order valence-electron chi connectivity index (χ3n) is 8.66. The van der Waals surface area contributed by atoms with Gasteiger partial charge in [0.15, 0.2) is 0 Å². The molecule has 244 valence electrons. The van der Waals surface area contributed by atoms with Crippen LogP contribution in [0.1, 0.15) is 64.5 Å². The molecule has 7 heteroatoms. The molecule has 0 bridgehead atoms. The number of rotatable bonds is 18. The van der Waals surface area contributed by atoms with E-state index in [1.54, 1.807) is 0 Å². The Labute approximate surface area is 272 Å². The van der Waals surface area contributed by atoms with Crippen LogP contribution in [0.15, 0.2) is 108 Å². The molecule has 6 nitrogen and oxygen atoms in total. The number of hydrogen-bond donors (Lipinski definition) is 0. The molecule has 4 unspecified atom stereocenters. The zero-order valence-corrected chi connectivity index (χ0v) is 28.7. The molecule has 2 aliphatic rings. The van der Waals surface area contributed by atoms with Crippen molar-refractivity contribution in [2.45, 2.75) is 78.8 Å². The van der Waals surface area contributed by atoms with E-state index in [0.717, 1.165) is 59.1 Å². The topological polar surface area (TPSA) is 55.4 Å². The molecule has 0 fully saturated rings. The van der Waals surface area contributed by atoms with E-state index in [4.69, 9.17) is 27.2 Å². The maximum absolute atomic E-state index is 6.95. The molecule has 0 spiro atoms. The average Bonchev–Trinajstić information content (AvgIpc) is 3.03. The van der Waals surface area contributed by atoms with Gasteiger partial charge in [0.1, 0.15) is 0 Å². The second-order valence-corrected chi connectivity index (χ2v) is 14.5. The lowest BCUT2D eigenvalue weighted by Crippen LogP contribution is -2.55. The van der Waals surface area contributed by atoms with Crippen LogP contribution in [0.2, 0.25) is 0 Å². The fourth-order valence-electron chi connectivity index (χ4n) is 5.62.